The molecule has 5 nitrogen and oxygen atoms in total. The molecule has 0 aliphatic carbocycles. The van der Waals surface area contributed by atoms with Crippen LogP contribution in [0.1, 0.15) is 16.7 Å². The highest BCUT2D eigenvalue weighted by Crippen LogP contribution is 2.24. The summed E-state index contributed by atoms with van der Waals surface area (Å²) in [6.07, 6.45) is 4.00. The first kappa shape index (κ1) is 18.6. The average Bonchev–Trinajstić information content (AvgIpc) is 3.46. The number of hydrogen-bond acceptors (Lipinski definition) is 4. The fraction of sp³-hybridized carbons (Fsp3) is 0.0385. The second kappa shape index (κ2) is 7.19. The Morgan fingerprint density at radius 3 is 2.59 bits per heavy atom. The van der Waals surface area contributed by atoms with Gasteiger partial charge >= 0.3 is 0 Å². The summed E-state index contributed by atoms with van der Waals surface area (Å²) in [5.41, 5.74) is 5.28. The van der Waals surface area contributed by atoms with E-state index < -0.39 is 0 Å². The van der Waals surface area contributed by atoms with Gasteiger partial charge in [-0.1, -0.05) is 59.9 Å². The first-order chi connectivity index (χ1) is 15.7. The van der Waals surface area contributed by atoms with Crippen molar-refractivity contribution in [2.75, 3.05) is 0 Å². The van der Waals surface area contributed by atoms with Crippen molar-refractivity contribution < 1.29 is 0 Å². The molecular weight excluding hydrogens is 416 g/mol. The van der Waals surface area contributed by atoms with Crippen LogP contribution in [0.2, 0.25) is 0 Å². The van der Waals surface area contributed by atoms with Crippen molar-refractivity contribution in [1.29, 1.82) is 5.26 Å². The minimum absolute atomic E-state index is 0.0506. The molecule has 3 aromatic carbocycles. The van der Waals surface area contributed by atoms with Crippen molar-refractivity contribution in [3.63, 3.8) is 0 Å². The summed E-state index contributed by atoms with van der Waals surface area (Å²) in [5.74, 6) is 0. The summed E-state index contributed by atoms with van der Waals surface area (Å²) < 4.78 is 4.47. The van der Waals surface area contributed by atoms with Gasteiger partial charge in [-0.15, -0.1) is 0 Å². The quantitative estimate of drug-likeness (QED) is 0.418. The first-order valence-electron chi connectivity index (χ1n) is 10.2. The van der Waals surface area contributed by atoms with E-state index in [9.17, 15) is 10.1 Å². The molecule has 6 rings (SSSR count). The molecule has 0 radical (unpaired) electrons. The topological polar surface area (TPSA) is 63.1 Å². The highest BCUT2D eigenvalue weighted by molar-refractivity contribution is 7.15. The number of rotatable bonds is 3. The van der Waals surface area contributed by atoms with E-state index in [-0.39, 0.29) is 5.56 Å². The molecule has 0 N–H and O–H groups in total. The predicted molar refractivity (Wildman–Crippen MR) is 128 cm³/mol. The zero-order chi connectivity index (χ0) is 21.7. The van der Waals surface area contributed by atoms with Crippen LogP contribution in [0.5, 0.6) is 0 Å². The van der Waals surface area contributed by atoms with Gasteiger partial charge in [-0.2, -0.15) is 5.26 Å². The van der Waals surface area contributed by atoms with Gasteiger partial charge in [-0.3, -0.25) is 4.79 Å². The van der Waals surface area contributed by atoms with Crippen LogP contribution in [0, 0.1) is 11.3 Å². The molecule has 3 heterocycles. The summed E-state index contributed by atoms with van der Waals surface area (Å²) in [5, 5.41) is 10.5. The molecule has 6 aromatic rings. The molecule has 0 atom stereocenters. The Labute approximate surface area is 186 Å². The molecule has 0 saturated heterocycles. The average molecular weight is 433 g/mol. The van der Waals surface area contributed by atoms with Crippen molar-refractivity contribution in [1.82, 2.24) is 14.0 Å². The molecule has 0 aliphatic heterocycles. The molecule has 0 aliphatic rings. The lowest BCUT2D eigenvalue weighted by molar-refractivity contribution is 0.833. The van der Waals surface area contributed by atoms with Crippen molar-refractivity contribution in [2.45, 2.75) is 6.54 Å². The third-order valence-electron chi connectivity index (χ3n) is 5.73. The number of imidazole rings is 1. The Kier molecular flexibility index (Phi) is 4.17. The number of nitrogens with zero attached hydrogens (tertiary/aromatic N) is 4. The van der Waals surface area contributed by atoms with E-state index in [2.05, 4.69) is 33.9 Å². The van der Waals surface area contributed by atoms with Crippen LogP contribution in [-0.4, -0.2) is 14.0 Å². The van der Waals surface area contributed by atoms with Gasteiger partial charge in [0, 0.05) is 29.2 Å². The van der Waals surface area contributed by atoms with Crippen molar-refractivity contribution in [3.8, 4) is 6.07 Å². The lowest BCUT2D eigenvalue weighted by Gasteiger charge is -2.07. The van der Waals surface area contributed by atoms with E-state index >= 15 is 0 Å². The number of benzene rings is 3. The monoisotopic (exact) mass is 432 g/mol. The van der Waals surface area contributed by atoms with E-state index in [1.54, 1.807) is 4.40 Å². The SMILES string of the molecule is N#Cc1ccccc1Cn1cc(/C=c2\sc3nc4ccccc4n3c2=O)c2ccccc21. The molecule has 0 bridgehead atoms. The zero-order valence-corrected chi connectivity index (χ0v) is 17.7. The van der Waals surface area contributed by atoms with E-state index in [4.69, 9.17) is 0 Å². The van der Waals surface area contributed by atoms with Gasteiger partial charge in [0.05, 0.1) is 27.2 Å². The molecule has 0 fully saturated rings. The van der Waals surface area contributed by atoms with Crippen molar-refractivity contribution in [3.05, 3.63) is 111 Å². The molecule has 0 amide bonds. The highest BCUT2D eigenvalue weighted by Gasteiger charge is 2.13. The predicted octanol–water partition coefficient (Wildman–Crippen LogP) is 4.33. The van der Waals surface area contributed by atoms with Crippen LogP contribution < -0.4 is 10.1 Å². The first-order valence-corrected chi connectivity index (χ1v) is 11.0. The molecule has 32 heavy (non-hydrogen) atoms. The fourth-order valence-corrected chi connectivity index (χ4v) is 5.20. The number of nitriles is 1. The zero-order valence-electron chi connectivity index (χ0n) is 16.9. The standard InChI is InChI=1S/C26H16N4OS/c27-14-17-7-1-2-8-18(17)15-29-16-19(20-9-3-5-11-22(20)29)13-24-25(31)30-23-12-6-4-10-21(23)28-26(30)32-24/h1-13,16H,15H2/b24-13-. The summed E-state index contributed by atoms with van der Waals surface area (Å²) in [6, 6.07) is 25.7. The minimum atomic E-state index is -0.0506. The molecule has 152 valence electrons. The lowest BCUT2D eigenvalue weighted by Crippen LogP contribution is -2.22. The van der Waals surface area contributed by atoms with Gasteiger partial charge in [0.15, 0.2) is 4.96 Å². The Hall–Kier alpha value is -4.21. The normalized spacial score (nSPS) is 12.2. The Morgan fingerprint density at radius 1 is 0.969 bits per heavy atom. The van der Waals surface area contributed by atoms with Crippen LogP contribution in [0.25, 0.3) is 33.0 Å². The lowest BCUT2D eigenvalue weighted by atomic mass is 10.1. The van der Waals surface area contributed by atoms with Crippen LogP contribution >= 0.6 is 11.3 Å². The molecule has 0 saturated carbocycles. The number of thiazole rings is 1. The van der Waals surface area contributed by atoms with E-state index in [0.717, 1.165) is 33.1 Å². The van der Waals surface area contributed by atoms with E-state index in [1.165, 1.54) is 11.3 Å². The van der Waals surface area contributed by atoms with E-state index in [1.807, 2.05) is 66.7 Å². The Morgan fingerprint density at radius 2 is 1.72 bits per heavy atom. The van der Waals surface area contributed by atoms with E-state index in [0.29, 0.717) is 21.6 Å². The smallest absolute Gasteiger partial charge is 0.274 e. The second-order valence-corrected chi connectivity index (χ2v) is 8.64. The number of para-hydroxylation sites is 3. The van der Waals surface area contributed by atoms with Crippen LogP contribution in [0.4, 0.5) is 0 Å². The van der Waals surface area contributed by atoms with Gasteiger partial charge in [0.2, 0.25) is 0 Å². The highest BCUT2D eigenvalue weighted by atomic mass is 32.1. The molecule has 0 spiro atoms. The second-order valence-electron chi connectivity index (χ2n) is 7.63. The van der Waals surface area contributed by atoms with Gasteiger partial charge in [0.25, 0.3) is 5.56 Å². The maximum atomic E-state index is 13.2. The molecule has 3 aromatic heterocycles. The molecule has 6 heteroatoms. The summed E-state index contributed by atoms with van der Waals surface area (Å²) in [4.78, 5) is 18.5. The fourth-order valence-electron chi connectivity index (χ4n) is 4.23. The number of hydrogen-bond donors (Lipinski definition) is 0. The maximum absolute atomic E-state index is 13.2. The largest absolute Gasteiger partial charge is 0.342 e. The maximum Gasteiger partial charge on any atom is 0.274 e. The van der Waals surface area contributed by atoms with Gasteiger partial charge in [-0.25, -0.2) is 9.38 Å². The van der Waals surface area contributed by atoms with Crippen molar-refractivity contribution >= 4 is 44.3 Å². The third kappa shape index (κ3) is 2.83. The Bertz CT molecular complexity index is 1800. The van der Waals surface area contributed by atoms with Gasteiger partial charge in [0.1, 0.15) is 0 Å². The van der Waals surface area contributed by atoms with Crippen LogP contribution in [-0.2, 0) is 6.54 Å². The summed E-state index contributed by atoms with van der Waals surface area (Å²) in [6.45, 7) is 0.584. The summed E-state index contributed by atoms with van der Waals surface area (Å²) >= 11 is 1.40. The number of aromatic nitrogens is 3. The number of fused-ring (bicyclic) bond motifs is 4. The van der Waals surface area contributed by atoms with Crippen LogP contribution in [0.15, 0.2) is 83.8 Å². The summed E-state index contributed by atoms with van der Waals surface area (Å²) in [7, 11) is 0. The molecular formula is C26H16N4OS. The third-order valence-corrected chi connectivity index (χ3v) is 6.70. The van der Waals surface area contributed by atoms with Gasteiger partial charge in [-0.05, 0) is 35.9 Å². The minimum Gasteiger partial charge on any atom is -0.342 e. The van der Waals surface area contributed by atoms with Gasteiger partial charge < -0.3 is 4.57 Å². The molecule has 0 unspecified atom stereocenters. The Balaban J connectivity index is 1.53. The van der Waals surface area contributed by atoms with Crippen LogP contribution in [0.3, 0.4) is 0 Å². The van der Waals surface area contributed by atoms with Crippen molar-refractivity contribution in [2.24, 2.45) is 0 Å².